The Bertz CT molecular complexity index is 546. The number of aliphatic hydroxyl groups excluding tert-OH is 1. The summed E-state index contributed by atoms with van der Waals surface area (Å²) in [7, 11) is -3.61. The molecule has 2 N–H and O–H groups in total. The molecule has 0 aliphatic carbocycles. The minimum Gasteiger partial charge on any atom is -0.392 e. The van der Waals surface area contributed by atoms with Crippen molar-refractivity contribution in [2.24, 2.45) is 5.92 Å². The number of aliphatic hydroxyl groups is 1. The van der Waals surface area contributed by atoms with Crippen LogP contribution in [-0.4, -0.2) is 33.3 Å². The first-order valence-electron chi connectivity index (χ1n) is 6.83. The molecule has 0 unspecified atom stereocenters. The molecule has 1 aromatic carbocycles. The van der Waals surface area contributed by atoms with E-state index < -0.39 is 10.0 Å². The van der Waals surface area contributed by atoms with Gasteiger partial charge in [0, 0.05) is 18.2 Å². The molecular weight excluding hydrogens is 314 g/mol. The SMILES string of the molecule is CC(C)CCOCCNS(=O)(=O)c1ccc(CO)c(Cl)c1. The molecule has 0 atom stereocenters. The molecule has 0 fully saturated rings. The van der Waals surface area contributed by atoms with Crippen LogP contribution < -0.4 is 4.72 Å². The van der Waals surface area contributed by atoms with Crippen molar-refractivity contribution in [3.05, 3.63) is 28.8 Å². The number of ether oxygens (including phenoxy) is 1. The first kappa shape index (κ1) is 18.4. The molecule has 21 heavy (non-hydrogen) atoms. The maximum Gasteiger partial charge on any atom is 0.240 e. The molecule has 1 rings (SSSR count). The zero-order chi connectivity index (χ0) is 15.9. The van der Waals surface area contributed by atoms with Crippen LogP contribution in [0, 0.1) is 5.92 Å². The second-order valence-electron chi connectivity index (χ2n) is 5.10. The van der Waals surface area contributed by atoms with E-state index in [1.54, 1.807) is 0 Å². The fourth-order valence-electron chi connectivity index (χ4n) is 1.58. The highest BCUT2D eigenvalue weighted by molar-refractivity contribution is 7.89. The summed E-state index contributed by atoms with van der Waals surface area (Å²) in [6.45, 7) is 5.14. The second kappa shape index (κ2) is 8.70. The third kappa shape index (κ3) is 6.32. The Labute approximate surface area is 131 Å². The van der Waals surface area contributed by atoms with Crippen LogP contribution in [0.4, 0.5) is 0 Å². The van der Waals surface area contributed by atoms with Gasteiger partial charge in [-0.15, -0.1) is 0 Å². The molecule has 0 aromatic heterocycles. The van der Waals surface area contributed by atoms with Crippen LogP contribution in [0.25, 0.3) is 0 Å². The first-order valence-corrected chi connectivity index (χ1v) is 8.69. The predicted molar refractivity (Wildman–Crippen MR) is 82.8 cm³/mol. The van der Waals surface area contributed by atoms with E-state index in [1.165, 1.54) is 18.2 Å². The zero-order valence-corrected chi connectivity index (χ0v) is 13.9. The van der Waals surface area contributed by atoms with Gasteiger partial charge in [0.05, 0.1) is 18.1 Å². The Morgan fingerprint density at radius 1 is 1.33 bits per heavy atom. The molecular formula is C14H22ClNO4S. The Hall–Kier alpha value is -0.660. The highest BCUT2D eigenvalue weighted by Gasteiger charge is 2.14. The minimum atomic E-state index is -3.61. The van der Waals surface area contributed by atoms with E-state index in [-0.39, 0.29) is 23.1 Å². The van der Waals surface area contributed by atoms with Crippen molar-refractivity contribution in [2.45, 2.75) is 31.8 Å². The molecule has 0 radical (unpaired) electrons. The maximum atomic E-state index is 12.0. The van der Waals surface area contributed by atoms with Crippen LogP contribution in [0.3, 0.4) is 0 Å². The molecule has 1 aromatic rings. The minimum absolute atomic E-state index is 0.0758. The van der Waals surface area contributed by atoms with E-state index in [9.17, 15) is 8.42 Å². The van der Waals surface area contributed by atoms with Crippen LogP contribution in [0.1, 0.15) is 25.8 Å². The van der Waals surface area contributed by atoms with Crippen molar-refractivity contribution in [3.8, 4) is 0 Å². The lowest BCUT2D eigenvalue weighted by Gasteiger charge is -2.09. The monoisotopic (exact) mass is 335 g/mol. The smallest absolute Gasteiger partial charge is 0.240 e. The molecule has 0 aliphatic rings. The summed E-state index contributed by atoms with van der Waals surface area (Å²) < 4.78 is 31.9. The van der Waals surface area contributed by atoms with Crippen LogP contribution in [0.15, 0.2) is 23.1 Å². The van der Waals surface area contributed by atoms with Gasteiger partial charge >= 0.3 is 0 Å². The van der Waals surface area contributed by atoms with Gasteiger partial charge in [-0.25, -0.2) is 13.1 Å². The zero-order valence-electron chi connectivity index (χ0n) is 12.3. The van der Waals surface area contributed by atoms with E-state index in [0.717, 1.165) is 6.42 Å². The van der Waals surface area contributed by atoms with Crippen LogP contribution in [-0.2, 0) is 21.4 Å². The van der Waals surface area contributed by atoms with Gasteiger partial charge in [0.1, 0.15) is 0 Å². The standard InChI is InChI=1S/C14H22ClNO4S/c1-11(2)5-7-20-8-6-16-21(18,19)13-4-3-12(10-17)14(15)9-13/h3-4,9,11,16-17H,5-8,10H2,1-2H3. The van der Waals surface area contributed by atoms with E-state index in [4.69, 9.17) is 21.4 Å². The summed E-state index contributed by atoms with van der Waals surface area (Å²) in [5, 5.41) is 9.24. The number of hydrogen-bond acceptors (Lipinski definition) is 4. The number of hydrogen-bond donors (Lipinski definition) is 2. The number of rotatable bonds is 9. The highest BCUT2D eigenvalue weighted by Crippen LogP contribution is 2.20. The highest BCUT2D eigenvalue weighted by atomic mass is 35.5. The second-order valence-corrected chi connectivity index (χ2v) is 7.28. The lowest BCUT2D eigenvalue weighted by atomic mass is 10.1. The van der Waals surface area contributed by atoms with Gasteiger partial charge in [0.2, 0.25) is 10.0 Å². The van der Waals surface area contributed by atoms with Crippen LogP contribution >= 0.6 is 11.6 Å². The summed E-state index contributed by atoms with van der Waals surface area (Å²) >= 11 is 5.89. The van der Waals surface area contributed by atoms with Gasteiger partial charge in [-0.2, -0.15) is 0 Å². The molecule has 7 heteroatoms. The molecule has 0 heterocycles. The van der Waals surface area contributed by atoms with E-state index >= 15 is 0 Å². The van der Waals surface area contributed by atoms with Crippen molar-refractivity contribution >= 4 is 21.6 Å². The molecule has 120 valence electrons. The normalized spacial score (nSPS) is 12.0. The molecule has 5 nitrogen and oxygen atoms in total. The molecule has 0 saturated heterocycles. The molecule has 0 saturated carbocycles. The molecule has 0 amide bonds. The summed E-state index contributed by atoms with van der Waals surface area (Å²) in [6, 6.07) is 4.24. The lowest BCUT2D eigenvalue weighted by Crippen LogP contribution is -2.27. The summed E-state index contributed by atoms with van der Waals surface area (Å²) in [5.41, 5.74) is 0.493. The molecule has 0 spiro atoms. The number of benzene rings is 1. The molecule has 0 bridgehead atoms. The average Bonchev–Trinajstić information content (AvgIpc) is 2.42. The Kier molecular flexibility index (Phi) is 7.62. The predicted octanol–water partition coefficient (Wildman–Crippen LogP) is 2.17. The Balaban J connectivity index is 2.48. The van der Waals surface area contributed by atoms with Crippen molar-refractivity contribution in [1.82, 2.24) is 4.72 Å². The van der Waals surface area contributed by atoms with Crippen molar-refractivity contribution < 1.29 is 18.3 Å². The van der Waals surface area contributed by atoms with Gasteiger partial charge in [-0.3, -0.25) is 0 Å². The van der Waals surface area contributed by atoms with Crippen molar-refractivity contribution in [2.75, 3.05) is 19.8 Å². The first-order chi connectivity index (χ1) is 9.86. The topological polar surface area (TPSA) is 75.6 Å². The van der Waals surface area contributed by atoms with Gasteiger partial charge < -0.3 is 9.84 Å². The molecule has 0 aliphatic heterocycles. The third-order valence-electron chi connectivity index (χ3n) is 2.88. The van der Waals surface area contributed by atoms with Gasteiger partial charge in [0.25, 0.3) is 0 Å². The maximum absolute atomic E-state index is 12.0. The summed E-state index contributed by atoms with van der Waals surface area (Å²) in [5.74, 6) is 0.564. The van der Waals surface area contributed by atoms with E-state index in [0.29, 0.717) is 24.7 Å². The lowest BCUT2D eigenvalue weighted by molar-refractivity contribution is 0.128. The summed E-state index contributed by atoms with van der Waals surface area (Å²) in [6.07, 6.45) is 0.949. The van der Waals surface area contributed by atoms with Gasteiger partial charge in [-0.05, 0) is 30.0 Å². The van der Waals surface area contributed by atoms with Crippen LogP contribution in [0.5, 0.6) is 0 Å². The largest absolute Gasteiger partial charge is 0.392 e. The number of sulfonamides is 1. The fourth-order valence-corrected chi connectivity index (χ4v) is 2.92. The Morgan fingerprint density at radius 2 is 2.05 bits per heavy atom. The quantitative estimate of drug-likeness (QED) is 0.678. The fraction of sp³-hybridized carbons (Fsp3) is 0.571. The van der Waals surface area contributed by atoms with E-state index in [1.807, 2.05) is 0 Å². The van der Waals surface area contributed by atoms with Crippen molar-refractivity contribution in [1.29, 1.82) is 0 Å². The van der Waals surface area contributed by atoms with Crippen LogP contribution in [0.2, 0.25) is 5.02 Å². The van der Waals surface area contributed by atoms with Gasteiger partial charge in [0.15, 0.2) is 0 Å². The third-order valence-corrected chi connectivity index (χ3v) is 4.69. The van der Waals surface area contributed by atoms with Gasteiger partial charge in [-0.1, -0.05) is 31.5 Å². The number of halogens is 1. The number of nitrogens with one attached hydrogen (secondary N) is 1. The summed E-state index contributed by atoms with van der Waals surface area (Å²) in [4.78, 5) is 0.0758. The Morgan fingerprint density at radius 3 is 2.62 bits per heavy atom. The van der Waals surface area contributed by atoms with Crippen molar-refractivity contribution in [3.63, 3.8) is 0 Å². The van der Waals surface area contributed by atoms with E-state index in [2.05, 4.69) is 18.6 Å². The average molecular weight is 336 g/mol.